The van der Waals surface area contributed by atoms with Crippen molar-refractivity contribution in [2.75, 3.05) is 13.1 Å². The lowest BCUT2D eigenvalue weighted by Gasteiger charge is -2.18. The van der Waals surface area contributed by atoms with Gasteiger partial charge in [-0.15, -0.1) is 0 Å². The Bertz CT molecular complexity index is 932. The fourth-order valence-electron chi connectivity index (χ4n) is 3.67. The van der Waals surface area contributed by atoms with Gasteiger partial charge in [0.2, 0.25) is 0 Å². The Hall–Kier alpha value is -2.95. The summed E-state index contributed by atoms with van der Waals surface area (Å²) in [6.07, 6.45) is 2.71. The van der Waals surface area contributed by atoms with Crippen LogP contribution in [0.15, 0.2) is 54.7 Å². The Morgan fingerprint density at radius 2 is 2.00 bits per heavy atom. The minimum Gasteiger partial charge on any atom is -0.336 e. The van der Waals surface area contributed by atoms with E-state index in [1.807, 2.05) is 54.3 Å². The van der Waals surface area contributed by atoms with E-state index in [9.17, 15) is 4.79 Å². The van der Waals surface area contributed by atoms with Crippen LogP contribution < -0.4 is 0 Å². The van der Waals surface area contributed by atoms with Gasteiger partial charge in [-0.3, -0.25) is 14.5 Å². The summed E-state index contributed by atoms with van der Waals surface area (Å²) in [4.78, 5) is 19.3. The molecule has 1 saturated heterocycles. The van der Waals surface area contributed by atoms with Gasteiger partial charge >= 0.3 is 0 Å². The second-order valence-corrected chi connectivity index (χ2v) is 6.86. The summed E-state index contributed by atoms with van der Waals surface area (Å²) < 4.78 is 2.06. The highest BCUT2D eigenvalue weighted by Crippen LogP contribution is 2.25. The summed E-state index contributed by atoms with van der Waals surface area (Å²) >= 11 is 0. The normalized spacial score (nSPS) is 16.8. The molecule has 0 N–H and O–H groups in total. The number of likely N-dealkylation sites (tertiary alicyclic amines) is 1. The zero-order valence-electron chi connectivity index (χ0n) is 15.1. The molecule has 4 rings (SSSR count). The van der Waals surface area contributed by atoms with Crippen molar-refractivity contribution in [2.24, 2.45) is 0 Å². The van der Waals surface area contributed by atoms with Crippen LogP contribution in [0, 0.1) is 13.8 Å². The number of benzene rings is 1. The molecule has 0 radical (unpaired) electrons. The predicted octanol–water partition coefficient (Wildman–Crippen LogP) is 3.65. The number of pyridine rings is 1. The number of rotatable bonds is 3. The second kappa shape index (κ2) is 6.75. The molecule has 132 valence electrons. The van der Waals surface area contributed by atoms with Crippen LogP contribution in [0.5, 0.6) is 0 Å². The lowest BCUT2D eigenvalue weighted by atomic mass is 10.1. The van der Waals surface area contributed by atoms with Gasteiger partial charge in [-0.25, -0.2) is 0 Å². The third kappa shape index (κ3) is 3.12. The Morgan fingerprint density at radius 3 is 2.73 bits per heavy atom. The van der Waals surface area contributed by atoms with Crippen molar-refractivity contribution in [3.05, 3.63) is 71.7 Å². The first-order chi connectivity index (χ1) is 12.6. The fraction of sp³-hybridized carbons (Fsp3) is 0.286. The number of hydrogen-bond acceptors (Lipinski definition) is 3. The quantitative estimate of drug-likeness (QED) is 0.727. The third-order valence-electron chi connectivity index (χ3n) is 4.91. The molecule has 5 heteroatoms. The number of aryl methyl sites for hydroxylation is 2. The summed E-state index contributed by atoms with van der Waals surface area (Å²) in [6.45, 7) is 5.54. The first-order valence-corrected chi connectivity index (χ1v) is 8.95. The lowest BCUT2D eigenvalue weighted by Crippen LogP contribution is -2.29. The molecule has 3 heterocycles. The highest BCUT2D eigenvalue weighted by atomic mass is 16.2. The van der Waals surface area contributed by atoms with Crippen LogP contribution in [-0.4, -0.2) is 38.7 Å². The summed E-state index contributed by atoms with van der Waals surface area (Å²) in [7, 11) is 0. The Labute approximate surface area is 153 Å². The minimum atomic E-state index is 0.0758. The molecule has 1 fully saturated rings. The van der Waals surface area contributed by atoms with Crippen molar-refractivity contribution in [3.8, 4) is 11.3 Å². The van der Waals surface area contributed by atoms with E-state index in [0.29, 0.717) is 12.1 Å². The van der Waals surface area contributed by atoms with Crippen molar-refractivity contribution < 1.29 is 4.79 Å². The maximum Gasteiger partial charge on any atom is 0.253 e. The minimum absolute atomic E-state index is 0.0758. The van der Waals surface area contributed by atoms with E-state index >= 15 is 0 Å². The van der Waals surface area contributed by atoms with Gasteiger partial charge in [0, 0.05) is 36.1 Å². The molecule has 5 nitrogen and oxygen atoms in total. The van der Waals surface area contributed by atoms with Crippen molar-refractivity contribution >= 4 is 5.91 Å². The molecule has 1 aromatic carbocycles. The van der Waals surface area contributed by atoms with E-state index in [0.717, 1.165) is 35.6 Å². The van der Waals surface area contributed by atoms with Gasteiger partial charge in [0.05, 0.1) is 17.4 Å². The van der Waals surface area contributed by atoms with Crippen LogP contribution >= 0.6 is 0 Å². The third-order valence-corrected chi connectivity index (χ3v) is 4.91. The molecule has 0 unspecified atom stereocenters. The molecule has 0 spiro atoms. The first kappa shape index (κ1) is 16.5. The van der Waals surface area contributed by atoms with Crippen molar-refractivity contribution in [1.29, 1.82) is 0 Å². The molecule has 26 heavy (non-hydrogen) atoms. The number of carbonyl (C=O) groups excluding carboxylic acids is 1. The van der Waals surface area contributed by atoms with Gasteiger partial charge in [0.15, 0.2) is 0 Å². The zero-order chi connectivity index (χ0) is 18.1. The molecule has 1 aliphatic heterocycles. The lowest BCUT2D eigenvalue weighted by molar-refractivity contribution is 0.0787. The van der Waals surface area contributed by atoms with Crippen molar-refractivity contribution in [3.63, 3.8) is 0 Å². The average molecular weight is 346 g/mol. The predicted molar refractivity (Wildman–Crippen MR) is 101 cm³/mol. The molecular formula is C21H22N4O. The molecule has 2 aromatic heterocycles. The van der Waals surface area contributed by atoms with Crippen molar-refractivity contribution in [2.45, 2.75) is 26.3 Å². The maximum atomic E-state index is 13.0. The van der Waals surface area contributed by atoms with Gasteiger partial charge in [-0.1, -0.05) is 18.2 Å². The van der Waals surface area contributed by atoms with E-state index in [2.05, 4.69) is 27.8 Å². The summed E-state index contributed by atoms with van der Waals surface area (Å²) in [5.74, 6) is 0.0758. The number of hydrogen-bond donors (Lipinski definition) is 0. The second-order valence-electron chi connectivity index (χ2n) is 6.86. The summed E-state index contributed by atoms with van der Waals surface area (Å²) in [5.41, 5.74) is 4.73. The van der Waals surface area contributed by atoms with Crippen LogP contribution in [0.1, 0.15) is 34.2 Å². The molecule has 0 saturated carbocycles. The van der Waals surface area contributed by atoms with Crippen LogP contribution in [0.3, 0.4) is 0 Å². The van der Waals surface area contributed by atoms with Gasteiger partial charge in [0.25, 0.3) is 5.91 Å². The molecule has 1 atom stereocenters. The molecule has 1 amide bonds. The van der Waals surface area contributed by atoms with Crippen molar-refractivity contribution in [1.82, 2.24) is 19.7 Å². The smallest absolute Gasteiger partial charge is 0.253 e. The van der Waals surface area contributed by atoms with Crippen LogP contribution in [-0.2, 0) is 0 Å². The van der Waals surface area contributed by atoms with Crippen LogP contribution in [0.2, 0.25) is 0 Å². The van der Waals surface area contributed by atoms with E-state index in [4.69, 9.17) is 0 Å². The fourth-order valence-corrected chi connectivity index (χ4v) is 3.67. The highest BCUT2D eigenvalue weighted by Gasteiger charge is 2.29. The van der Waals surface area contributed by atoms with Crippen LogP contribution in [0.4, 0.5) is 0 Å². The molecule has 0 aliphatic carbocycles. The molecule has 1 aliphatic rings. The number of amides is 1. The number of aromatic nitrogens is 3. The van der Waals surface area contributed by atoms with E-state index < -0.39 is 0 Å². The standard InChI is InChI=1S/C21H22N4O/c1-15-12-16(2)25(23-15)19-9-11-24(14-19)21(26)18-7-5-6-17(13-18)20-8-3-4-10-22-20/h3-8,10,12-13,19H,9,11,14H2,1-2H3/t19-/m0/s1. The number of nitrogens with zero attached hydrogens (tertiary/aromatic N) is 4. The largest absolute Gasteiger partial charge is 0.336 e. The Balaban J connectivity index is 1.53. The van der Waals surface area contributed by atoms with Crippen LogP contribution in [0.25, 0.3) is 11.3 Å². The summed E-state index contributed by atoms with van der Waals surface area (Å²) in [6, 6.07) is 15.9. The molecular weight excluding hydrogens is 324 g/mol. The van der Waals surface area contributed by atoms with E-state index in [-0.39, 0.29) is 11.9 Å². The highest BCUT2D eigenvalue weighted by molar-refractivity contribution is 5.95. The molecule has 0 bridgehead atoms. The average Bonchev–Trinajstić information content (AvgIpc) is 3.28. The maximum absolute atomic E-state index is 13.0. The summed E-state index contributed by atoms with van der Waals surface area (Å²) in [5, 5.41) is 4.58. The molecule has 3 aromatic rings. The van der Waals surface area contributed by atoms with Gasteiger partial charge < -0.3 is 4.90 Å². The van der Waals surface area contributed by atoms with Gasteiger partial charge in [0.1, 0.15) is 0 Å². The van der Waals surface area contributed by atoms with E-state index in [1.165, 1.54) is 0 Å². The SMILES string of the molecule is Cc1cc(C)n([C@H]2CCN(C(=O)c3cccc(-c4ccccn4)c3)C2)n1. The number of carbonyl (C=O) groups is 1. The monoisotopic (exact) mass is 346 g/mol. The zero-order valence-corrected chi connectivity index (χ0v) is 15.1. The first-order valence-electron chi connectivity index (χ1n) is 8.95. The Kier molecular flexibility index (Phi) is 4.29. The van der Waals surface area contributed by atoms with E-state index in [1.54, 1.807) is 6.20 Å². The van der Waals surface area contributed by atoms with Gasteiger partial charge in [-0.2, -0.15) is 5.10 Å². The topological polar surface area (TPSA) is 51.0 Å². The Morgan fingerprint density at radius 1 is 1.12 bits per heavy atom. The van der Waals surface area contributed by atoms with Gasteiger partial charge in [-0.05, 0) is 50.6 Å².